The molecule has 0 radical (unpaired) electrons. The normalized spacial score (nSPS) is 24.6. The molecule has 1 aliphatic heterocycles. The van der Waals surface area contributed by atoms with Crippen molar-refractivity contribution in [1.29, 1.82) is 0 Å². The Morgan fingerprint density at radius 3 is 1.45 bits per heavy atom. The Morgan fingerprint density at radius 2 is 1.04 bits per heavy atom. The summed E-state index contributed by atoms with van der Waals surface area (Å²) in [4.78, 5) is 0. The van der Waals surface area contributed by atoms with Crippen LogP contribution in [0.2, 0.25) is 72.5 Å². The van der Waals surface area contributed by atoms with Crippen molar-refractivity contribution in [1.82, 2.24) is 0 Å². The molecule has 0 aliphatic carbocycles. The molecular formula is C36H74O6SSi4. The van der Waals surface area contributed by atoms with E-state index in [9.17, 15) is 0 Å². The number of ether oxygens (including phenoxy) is 2. The van der Waals surface area contributed by atoms with E-state index in [-0.39, 0.29) is 38.5 Å². The van der Waals surface area contributed by atoms with Crippen LogP contribution in [0.4, 0.5) is 0 Å². The molecule has 1 aromatic heterocycles. The van der Waals surface area contributed by atoms with Crippen molar-refractivity contribution in [2.24, 2.45) is 0 Å². The fourth-order valence-electron chi connectivity index (χ4n) is 4.33. The van der Waals surface area contributed by atoms with Gasteiger partial charge in [0.05, 0.1) is 13.2 Å². The van der Waals surface area contributed by atoms with Gasteiger partial charge in [-0.2, -0.15) is 11.3 Å². The van der Waals surface area contributed by atoms with E-state index in [2.05, 4.69) is 152 Å². The molecule has 47 heavy (non-hydrogen) atoms. The topological polar surface area (TPSA) is 55.4 Å². The molecule has 0 saturated carbocycles. The first-order chi connectivity index (χ1) is 20.8. The molecule has 2 heterocycles. The molecule has 0 amide bonds. The second kappa shape index (κ2) is 15.1. The summed E-state index contributed by atoms with van der Waals surface area (Å²) < 4.78 is 43.1. The zero-order valence-electron chi connectivity index (χ0n) is 34.1. The SMILES string of the molecule is CC(C)(C)[Si](C)(C)OC[C@H]1O[C@@H](OCCc2ccsc2)[C@H](O[Si](C)(C)C(C)(C)C)[C@@H](O[Si](C)(C)C(C)(C)C)[C@@H]1O[Si](C)(C)C(C)(C)C. The van der Waals surface area contributed by atoms with Crippen LogP contribution in [0.1, 0.15) is 88.6 Å². The Hall–Kier alpha value is 0.328. The predicted molar refractivity (Wildman–Crippen MR) is 212 cm³/mol. The zero-order valence-corrected chi connectivity index (χ0v) is 38.9. The molecule has 6 nitrogen and oxygen atoms in total. The lowest BCUT2D eigenvalue weighted by molar-refractivity contribution is -0.291. The average molecular weight is 747 g/mol. The minimum absolute atomic E-state index is 0.00300. The Morgan fingerprint density at radius 1 is 0.617 bits per heavy atom. The largest absolute Gasteiger partial charge is 0.414 e. The maximum atomic E-state index is 7.53. The first-order valence-electron chi connectivity index (χ1n) is 17.8. The van der Waals surface area contributed by atoms with Gasteiger partial charge >= 0.3 is 0 Å². The van der Waals surface area contributed by atoms with Gasteiger partial charge in [-0.3, -0.25) is 0 Å². The first-order valence-corrected chi connectivity index (χ1v) is 30.4. The molecule has 0 unspecified atom stereocenters. The van der Waals surface area contributed by atoms with Gasteiger partial charge < -0.3 is 27.2 Å². The molecule has 1 aliphatic rings. The lowest BCUT2D eigenvalue weighted by Crippen LogP contribution is -2.68. The van der Waals surface area contributed by atoms with E-state index in [1.807, 2.05) is 0 Å². The van der Waals surface area contributed by atoms with Crippen LogP contribution in [-0.4, -0.2) is 77.2 Å². The highest BCUT2D eigenvalue weighted by Gasteiger charge is 2.57. The van der Waals surface area contributed by atoms with E-state index in [0.717, 1.165) is 6.42 Å². The molecule has 0 aromatic carbocycles. The summed E-state index contributed by atoms with van der Waals surface area (Å²) in [7, 11) is -9.00. The molecule has 2 rings (SSSR count). The van der Waals surface area contributed by atoms with Crippen LogP contribution >= 0.6 is 11.3 Å². The minimum atomic E-state index is -2.31. The number of hydrogen-bond acceptors (Lipinski definition) is 7. The predicted octanol–water partition coefficient (Wildman–Crippen LogP) is 11.2. The van der Waals surface area contributed by atoms with Crippen molar-refractivity contribution < 1.29 is 27.2 Å². The summed E-state index contributed by atoms with van der Waals surface area (Å²) in [5.74, 6) is 0. The second-order valence-corrected chi connectivity index (χ2v) is 39.8. The van der Waals surface area contributed by atoms with Crippen LogP contribution in [0, 0.1) is 0 Å². The van der Waals surface area contributed by atoms with Crippen LogP contribution in [0.15, 0.2) is 16.8 Å². The molecule has 0 bridgehead atoms. The summed E-state index contributed by atoms with van der Waals surface area (Å²) >= 11 is 1.72. The molecule has 11 heteroatoms. The Kier molecular flexibility index (Phi) is 14.0. The molecule has 276 valence electrons. The lowest BCUT2D eigenvalue weighted by atomic mass is 9.99. The first kappa shape index (κ1) is 43.5. The van der Waals surface area contributed by atoms with E-state index in [1.165, 1.54) is 5.56 Å². The average Bonchev–Trinajstić information content (AvgIpc) is 3.36. The van der Waals surface area contributed by atoms with Gasteiger partial charge in [0.1, 0.15) is 24.4 Å². The fourth-order valence-corrected chi connectivity index (χ4v) is 9.95. The second-order valence-electron chi connectivity index (χ2n) is 19.9. The summed E-state index contributed by atoms with van der Waals surface area (Å²) in [6, 6.07) is 2.17. The highest BCUT2D eigenvalue weighted by molar-refractivity contribution is 7.07. The van der Waals surface area contributed by atoms with Crippen LogP contribution < -0.4 is 0 Å². The third-order valence-electron chi connectivity index (χ3n) is 12.0. The standard InChI is InChI=1S/C36H74O6SSi4/c1-33(2,3)44(13,14)38-25-28-29(40-45(15,16)34(4,5)6)30(41-46(17,18)35(7,8)9)31(42-47(19,20)36(10,11)12)32(39-28)37-23-21-27-22-24-43-26-27/h22,24,26,28-32H,21,23,25H2,1-20H3/t28-,29-,30+,31-,32-/m1/s1. The van der Waals surface area contributed by atoms with Gasteiger partial charge in [0.25, 0.3) is 0 Å². The third-order valence-corrected chi connectivity index (χ3v) is 30.6. The lowest BCUT2D eigenvalue weighted by Gasteiger charge is -2.54. The summed E-state index contributed by atoms with van der Waals surface area (Å²) in [6.45, 7) is 47.1. The zero-order chi connectivity index (χ0) is 36.7. The van der Waals surface area contributed by atoms with Crippen LogP contribution in [0.25, 0.3) is 0 Å². The minimum Gasteiger partial charge on any atom is -0.414 e. The quantitative estimate of drug-likeness (QED) is 0.187. The molecule has 5 atom stereocenters. The Bertz CT molecular complexity index is 1110. The monoisotopic (exact) mass is 746 g/mol. The van der Waals surface area contributed by atoms with E-state index >= 15 is 0 Å². The third kappa shape index (κ3) is 11.2. The Balaban J connectivity index is 2.76. The van der Waals surface area contributed by atoms with Gasteiger partial charge in [-0.05, 0) is 101 Å². The summed E-state index contributed by atoms with van der Waals surface area (Å²) in [6.07, 6.45) is -1.32. The summed E-state index contributed by atoms with van der Waals surface area (Å²) in [5, 5.41) is 4.37. The highest BCUT2D eigenvalue weighted by Crippen LogP contribution is 2.46. The smallest absolute Gasteiger partial charge is 0.192 e. The molecule has 1 saturated heterocycles. The highest BCUT2D eigenvalue weighted by atomic mass is 32.1. The van der Waals surface area contributed by atoms with Gasteiger partial charge in [0.15, 0.2) is 39.6 Å². The van der Waals surface area contributed by atoms with Crippen LogP contribution in [0.3, 0.4) is 0 Å². The molecular weight excluding hydrogens is 673 g/mol. The number of rotatable bonds is 13. The Labute approximate surface area is 298 Å². The fraction of sp³-hybridized carbons (Fsp3) is 0.889. The van der Waals surface area contributed by atoms with Crippen molar-refractivity contribution in [2.75, 3.05) is 13.2 Å². The molecule has 0 spiro atoms. The van der Waals surface area contributed by atoms with Gasteiger partial charge in [-0.1, -0.05) is 83.1 Å². The summed E-state index contributed by atoms with van der Waals surface area (Å²) in [5.41, 5.74) is 1.28. The van der Waals surface area contributed by atoms with Crippen molar-refractivity contribution in [3.8, 4) is 0 Å². The van der Waals surface area contributed by atoms with Gasteiger partial charge in [-0.15, -0.1) is 0 Å². The van der Waals surface area contributed by atoms with E-state index in [1.54, 1.807) is 11.3 Å². The van der Waals surface area contributed by atoms with Crippen molar-refractivity contribution in [3.63, 3.8) is 0 Å². The van der Waals surface area contributed by atoms with Crippen molar-refractivity contribution in [2.45, 2.75) is 193 Å². The van der Waals surface area contributed by atoms with Gasteiger partial charge in [0, 0.05) is 0 Å². The van der Waals surface area contributed by atoms with Crippen LogP contribution in [0.5, 0.6) is 0 Å². The van der Waals surface area contributed by atoms with E-state index in [4.69, 9.17) is 27.2 Å². The van der Waals surface area contributed by atoms with E-state index in [0.29, 0.717) is 13.2 Å². The van der Waals surface area contributed by atoms with Gasteiger partial charge in [0.2, 0.25) is 0 Å². The maximum absolute atomic E-state index is 7.53. The maximum Gasteiger partial charge on any atom is 0.192 e. The van der Waals surface area contributed by atoms with E-state index < -0.39 is 45.7 Å². The number of thiophene rings is 1. The molecule has 1 aromatic rings. The van der Waals surface area contributed by atoms with Crippen LogP contribution in [-0.2, 0) is 33.6 Å². The van der Waals surface area contributed by atoms with Crippen molar-refractivity contribution >= 4 is 44.6 Å². The number of hydrogen-bond donors (Lipinski definition) is 0. The van der Waals surface area contributed by atoms with Crippen molar-refractivity contribution in [3.05, 3.63) is 22.4 Å². The molecule has 0 N–H and O–H groups in total. The van der Waals surface area contributed by atoms with Gasteiger partial charge in [-0.25, -0.2) is 0 Å². The molecule has 1 fully saturated rings.